The molecule has 0 aromatic heterocycles. The third kappa shape index (κ3) is 4.85. The summed E-state index contributed by atoms with van der Waals surface area (Å²) in [7, 11) is 0. The number of esters is 1. The molecule has 2 amide bonds. The zero-order valence-electron chi connectivity index (χ0n) is 24.9. The van der Waals surface area contributed by atoms with Gasteiger partial charge in [0.15, 0.2) is 0 Å². The van der Waals surface area contributed by atoms with E-state index in [4.69, 9.17) is 4.74 Å². The summed E-state index contributed by atoms with van der Waals surface area (Å²) < 4.78 is 4.16. The van der Waals surface area contributed by atoms with Gasteiger partial charge < -0.3 is 19.6 Å². The second-order valence-corrected chi connectivity index (χ2v) is 14.1. The van der Waals surface area contributed by atoms with Crippen LogP contribution in [0.15, 0.2) is 98.1 Å². The number of anilines is 1. The van der Waals surface area contributed by atoms with Crippen LogP contribution in [-0.2, 0) is 25.5 Å². The van der Waals surface area contributed by atoms with E-state index in [1.807, 2.05) is 79.7 Å². The van der Waals surface area contributed by atoms with E-state index in [1.165, 1.54) is 6.08 Å². The van der Waals surface area contributed by atoms with Gasteiger partial charge in [-0.05, 0) is 54.7 Å². The van der Waals surface area contributed by atoms with Gasteiger partial charge in [-0.15, -0.1) is 18.3 Å². The van der Waals surface area contributed by atoms with Crippen molar-refractivity contribution in [3.05, 3.63) is 104 Å². The summed E-state index contributed by atoms with van der Waals surface area (Å²) in [5.74, 6) is -2.40. The number of aliphatic hydroxyl groups excluding tert-OH is 1. The molecule has 3 heterocycles. The lowest BCUT2D eigenvalue weighted by Gasteiger charge is -2.39. The van der Waals surface area contributed by atoms with Gasteiger partial charge in [0.05, 0.1) is 29.2 Å². The fourth-order valence-corrected chi connectivity index (χ4v) is 10.0. The number of hydrogen-bond acceptors (Lipinski definition) is 6. The number of rotatable bonds is 11. The normalized spacial score (nSPS) is 27.6. The molecule has 6 atom stereocenters. The van der Waals surface area contributed by atoms with E-state index in [2.05, 4.69) is 13.2 Å². The Balaban J connectivity index is 1.47. The zero-order chi connectivity index (χ0) is 31.1. The molecule has 1 N–H and O–H groups in total. The number of fused-ring (bicyclic) bond motifs is 2. The average Bonchev–Trinajstić information content (AvgIpc) is 3.61. The molecule has 0 radical (unpaired) electrons. The molecule has 3 aromatic carbocycles. The highest BCUT2D eigenvalue weighted by atomic mass is 32.2. The van der Waals surface area contributed by atoms with Crippen LogP contribution in [0, 0.1) is 11.8 Å². The predicted molar refractivity (Wildman–Crippen MR) is 174 cm³/mol. The third-order valence-corrected chi connectivity index (χ3v) is 11.6. The molecule has 2 bridgehead atoms. The number of likely N-dealkylation sites (tertiary alicyclic amines) is 1. The molecular weight excluding hydrogens is 572 g/mol. The predicted octanol–water partition coefficient (Wildman–Crippen LogP) is 5.17. The van der Waals surface area contributed by atoms with Crippen molar-refractivity contribution < 1.29 is 24.2 Å². The standard InChI is InChI=1S/C36H38N2O5S/c1-4-19-37(27-16-15-25-13-9-10-14-26(25)22-27)33(41)31-36-18-17-35(3,44-36)30(34(42)43-20-5-2)29(36)32(40)38(31)28(23-39)21-24-11-7-6-8-12-24/h4-16,22,28-31,39H,1-2,17-21,23H2,3H3/t28-,29+,30+,31?,35-,36?/m1/s1. The first-order chi connectivity index (χ1) is 21.3. The topological polar surface area (TPSA) is 87.1 Å². The van der Waals surface area contributed by atoms with E-state index in [1.54, 1.807) is 27.6 Å². The molecule has 3 fully saturated rings. The minimum atomic E-state index is -0.892. The molecule has 3 saturated heterocycles. The summed E-state index contributed by atoms with van der Waals surface area (Å²) in [5.41, 5.74) is 1.65. The van der Waals surface area contributed by atoms with Crippen LogP contribution in [-0.4, -0.2) is 69.1 Å². The fourth-order valence-electron chi connectivity index (χ4n) is 7.71. The number of carbonyl (C=O) groups is 3. The molecule has 7 nitrogen and oxygen atoms in total. The van der Waals surface area contributed by atoms with E-state index in [0.717, 1.165) is 16.3 Å². The molecule has 8 heteroatoms. The lowest BCUT2D eigenvalue weighted by molar-refractivity contribution is -0.155. The van der Waals surface area contributed by atoms with Crippen LogP contribution in [0.1, 0.15) is 25.3 Å². The number of benzene rings is 3. The van der Waals surface area contributed by atoms with Crippen molar-refractivity contribution in [1.82, 2.24) is 4.90 Å². The number of amides is 2. The van der Waals surface area contributed by atoms with Gasteiger partial charge in [-0.25, -0.2) is 0 Å². The van der Waals surface area contributed by atoms with Crippen molar-refractivity contribution >= 4 is 46.0 Å². The van der Waals surface area contributed by atoms with Crippen LogP contribution in [0.4, 0.5) is 5.69 Å². The molecule has 3 aromatic rings. The van der Waals surface area contributed by atoms with Crippen LogP contribution in [0.25, 0.3) is 10.8 Å². The summed E-state index contributed by atoms with van der Waals surface area (Å²) in [6, 6.07) is 22.0. The Hall–Kier alpha value is -3.88. The van der Waals surface area contributed by atoms with E-state index in [-0.39, 0.29) is 31.6 Å². The maximum atomic E-state index is 15.0. The van der Waals surface area contributed by atoms with Crippen LogP contribution in [0.2, 0.25) is 0 Å². The summed E-state index contributed by atoms with van der Waals surface area (Å²) in [4.78, 5) is 46.6. The van der Waals surface area contributed by atoms with Gasteiger partial charge in [0.25, 0.3) is 5.91 Å². The summed E-state index contributed by atoms with van der Waals surface area (Å²) in [6.45, 7) is 9.59. The van der Waals surface area contributed by atoms with Crippen molar-refractivity contribution in [3.63, 3.8) is 0 Å². The van der Waals surface area contributed by atoms with Gasteiger partial charge in [0.2, 0.25) is 5.91 Å². The van der Waals surface area contributed by atoms with E-state index < -0.39 is 39.4 Å². The smallest absolute Gasteiger partial charge is 0.311 e. The van der Waals surface area contributed by atoms with E-state index in [9.17, 15) is 14.7 Å². The highest BCUT2D eigenvalue weighted by molar-refractivity contribution is 8.02. The second-order valence-electron chi connectivity index (χ2n) is 12.2. The number of ether oxygens (including phenoxy) is 1. The van der Waals surface area contributed by atoms with Crippen molar-refractivity contribution in [2.45, 2.75) is 47.8 Å². The van der Waals surface area contributed by atoms with E-state index >= 15 is 4.79 Å². The SMILES string of the molecule is C=CCOC(=O)[C@@H]1[C@H]2C(=O)N([C@@H](CO)Cc3ccccc3)C(C(=O)N(CC=C)c3ccc4ccccc4c3)C23CC[C@@]1(C)S3. The first kappa shape index (κ1) is 30.2. The molecule has 44 heavy (non-hydrogen) atoms. The monoisotopic (exact) mass is 610 g/mol. The Labute approximate surface area is 262 Å². The second kappa shape index (κ2) is 11.9. The first-order valence-electron chi connectivity index (χ1n) is 15.1. The van der Waals surface area contributed by atoms with Crippen LogP contribution < -0.4 is 4.90 Å². The number of carbonyl (C=O) groups excluding carboxylic acids is 3. The van der Waals surface area contributed by atoms with Gasteiger partial charge in [-0.1, -0.05) is 79.4 Å². The summed E-state index contributed by atoms with van der Waals surface area (Å²) in [5, 5.41) is 12.8. The van der Waals surface area contributed by atoms with Gasteiger partial charge in [-0.3, -0.25) is 14.4 Å². The molecule has 3 aliphatic heterocycles. The highest BCUT2D eigenvalue weighted by Crippen LogP contribution is 2.72. The van der Waals surface area contributed by atoms with Crippen LogP contribution in [0.5, 0.6) is 0 Å². The molecule has 3 aliphatic rings. The number of hydrogen-bond donors (Lipinski definition) is 1. The van der Waals surface area contributed by atoms with Crippen LogP contribution >= 0.6 is 11.8 Å². The number of aliphatic hydroxyl groups is 1. The van der Waals surface area contributed by atoms with Gasteiger partial charge in [0.1, 0.15) is 12.6 Å². The Morgan fingerprint density at radius 3 is 2.50 bits per heavy atom. The Kier molecular flexibility index (Phi) is 8.16. The molecule has 228 valence electrons. The summed E-state index contributed by atoms with van der Waals surface area (Å²) in [6.07, 6.45) is 4.86. The molecule has 1 spiro atoms. The molecule has 0 saturated carbocycles. The average molecular weight is 611 g/mol. The minimum Gasteiger partial charge on any atom is -0.461 e. The molecular formula is C36H38N2O5S. The Morgan fingerprint density at radius 1 is 1.07 bits per heavy atom. The Bertz CT molecular complexity index is 1610. The quantitative estimate of drug-likeness (QED) is 0.238. The van der Waals surface area contributed by atoms with Crippen LogP contribution in [0.3, 0.4) is 0 Å². The Morgan fingerprint density at radius 2 is 1.80 bits per heavy atom. The van der Waals surface area contributed by atoms with Crippen molar-refractivity contribution in [3.8, 4) is 0 Å². The molecule has 0 aliphatic carbocycles. The minimum absolute atomic E-state index is 0.0540. The van der Waals surface area contributed by atoms with Gasteiger partial charge in [0, 0.05) is 17.0 Å². The molecule has 2 unspecified atom stereocenters. The highest BCUT2D eigenvalue weighted by Gasteiger charge is 2.78. The fraction of sp³-hybridized carbons (Fsp3) is 0.361. The number of thioether (sulfide) groups is 1. The van der Waals surface area contributed by atoms with E-state index in [0.29, 0.717) is 24.9 Å². The maximum Gasteiger partial charge on any atom is 0.311 e. The number of nitrogens with zero attached hydrogens (tertiary/aromatic N) is 2. The maximum absolute atomic E-state index is 15.0. The largest absolute Gasteiger partial charge is 0.461 e. The lowest BCUT2D eigenvalue weighted by atomic mass is 9.66. The van der Waals surface area contributed by atoms with Gasteiger partial charge in [-0.2, -0.15) is 0 Å². The third-order valence-electron chi connectivity index (χ3n) is 9.59. The van der Waals surface area contributed by atoms with Gasteiger partial charge >= 0.3 is 5.97 Å². The zero-order valence-corrected chi connectivity index (χ0v) is 25.7. The lowest BCUT2D eigenvalue weighted by Crippen LogP contribution is -2.58. The molecule has 6 rings (SSSR count). The first-order valence-corrected chi connectivity index (χ1v) is 16.0. The van der Waals surface area contributed by atoms with Crippen molar-refractivity contribution in [2.75, 3.05) is 24.7 Å². The van der Waals surface area contributed by atoms with Crippen molar-refractivity contribution in [1.29, 1.82) is 0 Å². The van der Waals surface area contributed by atoms with Crippen molar-refractivity contribution in [2.24, 2.45) is 11.8 Å². The summed E-state index contributed by atoms with van der Waals surface area (Å²) >= 11 is 1.59.